The Kier molecular flexibility index (Phi) is 10.2. The quantitative estimate of drug-likeness (QED) is 0.336. The number of guanidine groups is 1. The Hall–Kier alpha value is -1.38. The summed E-state index contributed by atoms with van der Waals surface area (Å²) in [5, 5.41) is 9.67. The molecule has 0 amide bonds. The van der Waals surface area contributed by atoms with Crippen LogP contribution in [0.2, 0.25) is 0 Å². The molecule has 5 nitrogen and oxygen atoms in total. The van der Waals surface area contributed by atoms with Crippen LogP contribution >= 0.6 is 24.0 Å². The zero-order chi connectivity index (χ0) is 19.8. The second-order valence-electron chi connectivity index (χ2n) is 7.67. The number of ether oxygens (including phenoxy) is 1. The smallest absolute Gasteiger partial charge is 0.191 e. The first kappa shape index (κ1) is 23.9. The maximum atomic E-state index is 5.19. The van der Waals surface area contributed by atoms with Crippen LogP contribution in [-0.2, 0) is 4.74 Å². The Morgan fingerprint density at radius 2 is 1.90 bits per heavy atom. The average molecular weight is 510 g/mol. The molecule has 0 aromatic heterocycles. The molecule has 2 aromatic rings. The summed E-state index contributed by atoms with van der Waals surface area (Å²) in [7, 11) is 3.62. The maximum absolute atomic E-state index is 5.19. The molecule has 0 aliphatic carbocycles. The highest BCUT2D eigenvalue weighted by atomic mass is 127. The normalized spacial score (nSPS) is 17.0. The van der Waals surface area contributed by atoms with Crippen LogP contribution in [0.5, 0.6) is 0 Å². The van der Waals surface area contributed by atoms with E-state index in [9.17, 15) is 0 Å². The van der Waals surface area contributed by atoms with Gasteiger partial charge in [-0.05, 0) is 55.1 Å². The third-order valence-electron chi connectivity index (χ3n) is 5.74. The van der Waals surface area contributed by atoms with E-state index in [2.05, 4.69) is 69.9 Å². The molecular weight excluding hydrogens is 475 g/mol. The van der Waals surface area contributed by atoms with Gasteiger partial charge in [0.25, 0.3) is 0 Å². The van der Waals surface area contributed by atoms with E-state index in [0.717, 1.165) is 38.7 Å². The number of hydrogen-bond donors (Lipinski definition) is 2. The summed E-state index contributed by atoms with van der Waals surface area (Å²) in [6, 6.07) is 15.2. The highest BCUT2D eigenvalue weighted by Crippen LogP contribution is 2.24. The van der Waals surface area contributed by atoms with E-state index in [1.165, 1.54) is 29.2 Å². The van der Waals surface area contributed by atoms with E-state index in [-0.39, 0.29) is 30.0 Å². The molecule has 0 radical (unpaired) electrons. The molecular formula is C23H35IN4O. The number of halogens is 1. The van der Waals surface area contributed by atoms with Gasteiger partial charge in [-0.3, -0.25) is 4.99 Å². The van der Waals surface area contributed by atoms with Gasteiger partial charge in [0.2, 0.25) is 0 Å². The molecule has 1 fully saturated rings. The van der Waals surface area contributed by atoms with Gasteiger partial charge < -0.3 is 20.3 Å². The van der Waals surface area contributed by atoms with Crippen molar-refractivity contribution in [2.45, 2.75) is 25.8 Å². The number of hydrogen-bond acceptors (Lipinski definition) is 3. The van der Waals surface area contributed by atoms with Crippen molar-refractivity contribution in [3.8, 4) is 0 Å². The van der Waals surface area contributed by atoms with Crippen LogP contribution in [0.3, 0.4) is 0 Å². The summed E-state index contributed by atoms with van der Waals surface area (Å²) in [4.78, 5) is 6.94. The largest absolute Gasteiger partial charge is 0.383 e. The van der Waals surface area contributed by atoms with Gasteiger partial charge in [0, 0.05) is 27.2 Å². The molecule has 1 aliphatic heterocycles. The minimum atomic E-state index is 0. The molecule has 1 heterocycles. The summed E-state index contributed by atoms with van der Waals surface area (Å²) in [5.41, 5.74) is 1.30. The molecule has 29 heavy (non-hydrogen) atoms. The lowest BCUT2D eigenvalue weighted by Crippen LogP contribution is -2.43. The van der Waals surface area contributed by atoms with Crippen LogP contribution in [0.25, 0.3) is 10.8 Å². The Morgan fingerprint density at radius 3 is 2.62 bits per heavy atom. The van der Waals surface area contributed by atoms with Crippen LogP contribution in [0.15, 0.2) is 47.5 Å². The third-order valence-corrected chi connectivity index (χ3v) is 5.74. The van der Waals surface area contributed by atoms with Gasteiger partial charge in [0.1, 0.15) is 0 Å². The highest BCUT2D eigenvalue weighted by Gasteiger charge is 2.19. The molecule has 160 valence electrons. The summed E-state index contributed by atoms with van der Waals surface area (Å²) in [6.45, 7) is 7.36. The zero-order valence-corrected chi connectivity index (χ0v) is 20.2. The van der Waals surface area contributed by atoms with Gasteiger partial charge >= 0.3 is 0 Å². The monoisotopic (exact) mass is 510 g/mol. The second-order valence-corrected chi connectivity index (χ2v) is 7.67. The first-order valence-corrected chi connectivity index (χ1v) is 10.4. The van der Waals surface area contributed by atoms with E-state index in [1.807, 2.05) is 7.05 Å². The Morgan fingerprint density at radius 1 is 1.17 bits per heavy atom. The molecule has 2 aromatic carbocycles. The van der Waals surface area contributed by atoms with Crippen LogP contribution < -0.4 is 10.6 Å². The molecule has 6 heteroatoms. The van der Waals surface area contributed by atoms with E-state index >= 15 is 0 Å². The number of methoxy groups -OCH3 is 1. The zero-order valence-electron chi connectivity index (χ0n) is 17.9. The minimum absolute atomic E-state index is 0. The average Bonchev–Trinajstić information content (AvgIpc) is 2.75. The summed E-state index contributed by atoms with van der Waals surface area (Å²) in [6.07, 6.45) is 2.46. The molecule has 1 atom stereocenters. The minimum Gasteiger partial charge on any atom is -0.383 e. The summed E-state index contributed by atoms with van der Waals surface area (Å²) >= 11 is 0. The predicted octanol–water partition coefficient (Wildman–Crippen LogP) is 4.04. The van der Waals surface area contributed by atoms with Crippen LogP contribution in [-0.4, -0.2) is 57.8 Å². The molecule has 2 N–H and O–H groups in total. The van der Waals surface area contributed by atoms with Gasteiger partial charge in [-0.25, -0.2) is 0 Å². The third kappa shape index (κ3) is 6.83. The van der Waals surface area contributed by atoms with Crippen molar-refractivity contribution in [3.05, 3.63) is 48.0 Å². The number of likely N-dealkylation sites (tertiary alicyclic amines) is 1. The van der Waals surface area contributed by atoms with Crippen molar-refractivity contribution in [1.82, 2.24) is 15.5 Å². The SMILES string of the molecule is CN=C(NCC1CCN(CCOC)CC1)NC(C)c1cccc2ccccc12.I. The molecule has 1 saturated heterocycles. The number of fused-ring (bicyclic) bond motifs is 1. The van der Waals surface area contributed by atoms with Crippen molar-refractivity contribution in [1.29, 1.82) is 0 Å². The second kappa shape index (κ2) is 12.3. The molecule has 0 bridgehead atoms. The number of nitrogens with one attached hydrogen (secondary N) is 2. The molecule has 1 unspecified atom stereocenters. The fourth-order valence-electron chi connectivity index (χ4n) is 3.98. The van der Waals surface area contributed by atoms with Crippen LogP contribution in [0, 0.1) is 5.92 Å². The summed E-state index contributed by atoms with van der Waals surface area (Å²) in [5.74, 6) is 1.58. The van der Waals surface area contributed by atoms with Crippen molar-refractivity contribution in [2.24, 2.45) is 10.9 Å². The number of aliphatic imine (C=N–C) groups is 1. The topological polar surface area (TPSA) is 48.9 Å². The first-order valence-electron chi connectivity index (χ1n) is 10.4. The Bertz CT molecular complexity index is 769. The molecule has 1 aliphatic rings. The Balaban J connectivity index is 0.00000300. The summed E-state index contributed by atoms with van der Waals surface area (Å²) < 4.78 is 5.19. The van der Waals surface area contributed by atoms with Crippen LogP contribution in [0.1, 0.15) is 31.4 Å². The van der Waals surface area contributed by atoms with Gasteiger partial charge in [-0.2, -0.15) is 0 Å². The predicted molar refractivity (Wildman–Crippen MR) is 133 cm³/mol. The molecule has 0 spiro atoms. The van der Waals surface area contributed by atoms with Crippen molar-refractivity contribution in [2.75, 3.05) is 46.9 Å². The molecule has 3 rings (SSSR count). The number of piperidine rings is 1. The fraction of sp³-hybridized carbons (Fsp3) is 0.522. The Labute approximate surface area is 192 Å². The van der Waals surface area contributed by atoms with Gasteiger partial charge in [0.05, 0.1) is 12.6 Å². The highest BCUT2D eigenvalue weighted by molar-refractivity contribution is 14.0. The van der Waals surface area contributed by atoms with E-state index in [1.54, 1.807) is 7.11 Å². The number of benzene rings is 2. The molecule has 0 saturated carbocycles. The first-order chi connectivity index (χ1) is 13.7. The van der Waals surface area contributed by atoms with E-state index in [0.29, 0.717) is 5.92 Å². The number of rotatable bonds is 7. The van der Waals surface area contributed by atoms with Gasteiger partial charge in [-0.1, -0.05) is 42.5 Å². The fourth-order valence-corrected chi connectivity index (χ4v) is 3.98. The van der Waals surface area contributed by atoms with E-state index < -0.39 is 0 Å². The van der Waals surface area contributed by atoms with Crippen LogP contribution in [0.4, 0.5) is 0 Å². The lowest BCUT2D eigenvalue weighted by molar-refractivity contribution is 0.121. The number of nitrogens with zero attached hydrogens (tertiary/aromatic N) is 2. The van der Waals surface area contributed by atoms with Crippen molar-refractivity contribution >= 4 is 40.7 Å². The van der Waals surface area contributed by atoms with Gasteiger partial charge in [-0.15, -0.1) is 24.0 Å². The van der Waals surface area contributed by atoms with E-state index in [4.69, 9.17) is 4.74 Å². The maximum Gasteiger partial charge on any atom is 0.191 e. The lowest BCUT2D eigenvalue weighted by Gasteiger charge is -2.32. The standard InChI is InChI=1S/C23H34N4O.HI/c1-18(21-10-6-8-20-7-4-5-9-22(20)21)26-23(24-2)25-17-19-11-13-27(14-12-19)15-16-28-3;/h4-10,18-19H,11-17H2,1-3H3,(H2,24,25,26);1H. The van der Waals surface area contributed by atoms with Crippen molar-refractivity contribution < 1.29 is 4.74 Å². The lowest BCUT2D eigenvalue weighted by atomic mass is 9.97. The van der Waals surface area contributed by atoms with Crippen molar-refractivity contribution in [3.63, 3.8) is 0 Å². The van der Waals surface area contributed by atoms with Gasteiger partial charge in [0.15, 0.2) is 5.96 Å².